The Labute approximate surface area is 190 Å². The zero-order valence-corrected chi connectivity index (χ0v) is 19.1. The number of allylic oxidation sites excluding steroid dienone is 2. The molecule has 0 bridgehead atoms. The molecule has 0 aliphatic rings. The second-order valence-electron chi connectivity index (χ2n) is 7.32. The van der Waals surface area contributed by atoms with Gasteiger partial charge in [-0.25, -0.2) is 12.8 Å². The molecule has 0 spiro atoms. The van der Waals surface area contributed by atoms with Crippen molar-refractivity contribution in [2.75, 3.05) is 12.8 Å². The summed E-state index contributed by atoms with van der Waals surface area (Å²) in [5, 5.41) is 3.63. The van der Waals surface area contributed by atoms with Crippen LogP contribution >= 0.6 is 11.6 Å². The maximum absolute atomic E-state index is 13.5. The summed E-state index contributed by atoms with van der Waals surface area (Å²) in [6.07, 6.45) is 5.39. The van der Waals surface area contributed by atoms with Gasteiger partial charge in [0.15, 0.2) is 9.84 Å². The minimum Gasteiger partial charge on any atom is -0.348 e. The highest BCUT2D eigenvalue weighted by atomic mass is 35.5. The summed E-state index contributed by atoms with van der Waals surface area (Å²) >= 11 is 6.03. The number of amides is 1. The number of nitrogens with zero attached hydrogens (tertiary/aromatic N) is 2. The van der Waals surface area contributed by atoms with E-state index in [0.717, 1.165) is 12.3 Å². The van der Waals surface area contributed by atoms with Crippen molar-refractivity contribution < 1.29 is 17.6 Å². The van der Waals surface area contributed by atoms with Crippen molar-refractivity contribution in [1.29, 1.82) is 0 Å². The SMILES string of the molecule is C=C/C(F)=C(\C)CNC(=O)c1ccnc(Cc2cc(S(C)(=O)=O)c3ncc(Cl)cc3c2)c1. The smallest absolute Gasteiger partial charge is 0.251 e. The van der Waals surface area contributed by atoms with Crippen molar-refractivity contribution >= 4 is 38.2 Å². The molecule has 0 aliphatic heterocycles. The van der Waals surface area contributed by atoms with Crippen LogP contribution < -0.4 is 5.32 Å². The lowest BCUT2D eigenvalue weighted by atomic mass is 10.0. The Morgan fingerprint density at radius 3 is 2.69 bits per heavy atom. The van der Waals surface area contributed by atoms with Gasteiger partial charge in [0, 0.05) is 48.3 Å². The van der Waals surface area contributed by atoms with Gasteiger partial charge in [0.05, 0.1) is 15.4 Å². The Morgan fingerprint density at radius 2 is 2.00 bits per heavy atom. The summed E-state index contributed by atoms with van der Waals surface area (Å²) in [5.74, 6) is -0.857. The van der Waals surface area contributed by atoms with Gasteiger partial charge in [0.2, 0.25) is 0 Å². The fraction of sp³-hybridized carbons (Fsp3) is 0.174. The highest BCUT2D eigenvalue weighted by Crippen LogP contribution is 2.26. The Kier molecular flexibility index (Phi) is 7.06. The third-order valence-corrected chi connectivity index (χ3v) is 6.06. The standard InChI is InChI=1S/C23H21ClFN3O3S/c1-4-20(25)14(2)12-28-23(29)16-5-6-26-19(11-16)8-15-7-17-10-18(24)13-27-22(17)21(9-15)32(3,30)31/h4-7,9-11,13H,1,8,12H2,2-3H3,(H,28,29)/b20-14-. The molecule has 1 N–H and O–H groups in total. The number of aromatic nitrogens is 2. The van der Waals surface area contributed by atoms with Gasteiger partial charge >= 0.3 is 0 Å². The average molecular weight is 474 g/mol. The summed E-state index contributed by atoms with van der Waals surface area (Å²) in [6, 6.07) is 8.16. The minimum atomic E-state index is -3.54. The Hall–Kier alpha value is -3.10. The van der Waals surface area contributed by atoms with E-state index in [4.69, 9.17) is 11.6 Å². The van der Waals surface area contributed by atoms with Crippen LogP contribution in [0.5, 0.6) is 0 Å². The number of hydrogen-bond acceptors (Lipinski definition) is 5. The molecule has 2 heterocycles. The summed E-state index contributed by atoms with van der Waals surface area (Å²) in [6.45, 7) is 4.97. The quantitative estimate of drug-likeness (QED) is 0.512. The summed E-state index contributed by atoms with van der Waals surface area (Å²) in [4.78, 5) is 21.0. The van der Waals surface area contributed by atoms with Crippen molar-refractivity contribution in [3.8, 4) is 0 Å². The van der Waals surface area contributed by atoms with Crippen LogP contribution in [0, 0.1) is 0 Å². The first-order valence-corrected chi connectivity index (χ1v) is 11.8. The first-order chi connectivity index (χ1) is 15.1. The number of nitrogens with one attached hydrogen (secondary N) is 1. The lowest BCUT2D eigenvalue weighted by Gasteiger charge is -2.10. The van der Waals surface area contributed by atoms with Crippen molar-refractivity contribution in [1.82, 2.24) is 15.3 Å². The number of pyridine rings is 2. The van der Waals surface area contributed by atoms with E-state index in [2.05, 4.69) is 21.9 Å². The van der Waals surface area contributed by atoms with Gasteiger partial charge < -0.3 is 5.32 Å². The van der Waals surface area contributed by atoms with E-state index >= 15 is 0 Å². The number of carbonyl (C=O) groups excluding carboxylic acids is 1. The topological polar surface area (TPSA) is 89.0 Å². The van der Waals surface area contributed by atoms with Gasteiger partial charge in [-0.1, -0.05) is 18.2 Å². The van der Waals surface area contributed by atoms with Gasteiger partial charge in [-0.15, -0.1) is 0 Å². The average Bonchev–Trinajstić information content (AvgIpc) is 2.75. The number of halogens is 2. The van der Waals surface area contributed by atoms with E-state index in [9.17, 15) is 17.6 Å². The van der Waals surface area contributed by atoms with Gasteiger partial charge in [0.1, 0.15) is 5.83 Å². The lowest BCUT2D eigenvalue weighted by molar-refractivity contribution is 0.0956. The predicted molar refractivity (Wildman–Crippen MR) is 123 cm³/mol. The Morgan fingerprint density at radius 1 is 1.25 bits per heavy atom. The molecule has 3 rings (SSSR count). The van der Waals surface area contributed by atoms with Crippen molar-refractivity contribution in [3.63, 3.8) is 0 Å². The molecule has 166 valence electrons. The van der Waals surface area contributed by atoms with Crippen LogP contribution in [0.3, 0.4) is 0 Å². The number of sulfone groups is 1. The van der Waals surface area contributed by atoms with Crippen LogP contribution in [-0.4, -0.2) is 37.1 Å². The third kappa shape index (κ3) is 5.57. The molecule has 3 aromatic rings. The molecule has 0 aliphatic carbocycles. The zero-order valence-electron chi connectivity index (χ0n) is 17.5. The van der Waals surface area contributed by atoms with Crippen LogP contribution in [0.15, 0.2) is 71.7 Å². The van der Waals surface area contributed by atoms with E-state index < -0.39 is 15.7 Å². The van der Waals surface area contributed by atoms with Crippen molar-refractivity contribution in [2.45, 2.75) is 18.2 Å². The maximum Gasteiger partial charge on any atom is 0.251 e. The van der Waals surface area contributed by atoms with Crippen LogP contribution in [0.1, 0.15) is 28.5 Å². The van der Waals surface area contributed by atoms with E-state index in [1.54, 1.807) is 37.3 Å². The molecule has 0 fully saturated rings. The second-order valence-corrected chi connectivity index (χ2v) is 9.74. The Balaban J connectivity index is 1.90. The first kappa shape index (κ1) is 23.6. The van der Waals surface area contributed by atoms with Crippen LogP contribution in [0.4, 0.5) is 4.39 Å². The number of rotatable bonds is 7. The molecule has 0 radical (unpaired) electrons. The molecular weight excluding hydrogens is 453 g/mol. The predicted octanol–water partition coefficient (Wildman–Crippen LogP) is 4.44. The number of carbonyl (C=O) groups is 1. The van der Waals surface area contributed by atoms with E-state index in [1.807, 2.05) is 0 Å². The van der Waals surface area contributed by atoms with E-state index in [1.165, 1.54) is 12.4 Å². The fourth-order valence-electron chi connectivity index (χ4n) is 3.13. The van der Waals surface area contributed by atoms with Crippen LogP contribution in [0.25, 0.3) is 10.9 Å². The zero-order chi connectivity index (χ0) is 23.5. The summed E-state index contributed by atoms with van der Waals surface area (Å²) in [7, 11) is -3.54. The van der Waals surface area contributed by atoms with E-state index in [0.29, 0.717) is 38.3 Å². The fourth-order valence-corrected chi connectivity index (χ4v) is 4.19. The normalized spacial score (nSPS) is 12.4. The molecule has 6 nitrogen and oxygen atoms in total. The minimum absolute atomic E-state index is 0.0461. The summed E-state index contributed by atoms with van der Waals surface area (Å²) in [5.41, 5.74) is 2.31. The monoisotopic (exact) mass is 473 g/mol. The molecule has 1 aromatic carbocycles. The lowest BCUT2D eigenvalue weighted by Crippen LogP contribution is -2.25. The van der Waals surface area contributed by atoms with Crippen LogP contribution in [0.2, 0.25) is 5.02 Å². The van der Waals surface area contributed by atoms with Crippen molar-refractivity contribution in [3.05, 3.63) is 88.6 Å². The Bertz CT molecular complexity index is 1350. The molecule has 0 atom stereocenters. The first-order valence-electron chi connectivity index (χ1n) is 9.57. The molecule has 0 saturated heterocycles. The summed E-state index contributed by atoms with van der Waals surface area (Å²) < 4.78 is 38.1. The van der Waals surface area contributed by atoms with Gasteiger partial charge in [-0.2, -0.15) is 0 Å². The third-order valence-electron chi connectivity index (χ3n) is 4.74. The largest absolute Gasteiger partial charge is 0.348 e. The molecule has 1 amide bonds. The van der Waals surface area contributed by atoms with Gasteiger partial charge in [-0.3, -0.25) is 14.8 Å². The van der Waals surface area contributed by atoms with Gasteiger partial charge in [-0.05, 0) is 54.5 Å². The molecule has 32 heavy (non-hydrogen) atoms. The molecule has 9 heteroatoms. The van der Waals surface area contributed by atoms with Gasteiger partial charge in [0.25, 0.3) is 5.91 Å². The molecule has 2 aromatic heterocycles. The molecule has 0 saturated carbocycles. The van der Waals surface area contributed by atoms with E-state index in [-0.39, 0.29) is 23.8 Å². The van der Waals surface area contributed by atoms with Crippen molar-refractivity contribution in [2.24, 2.45) is 0 Å². The highest BCUT2D eigenvalue weighted by Gasteiger charge is 2.16. The number of fused-ring (bicyclic) bond motifs is 1. The second kappa shape index (κ2) is 9.58. The maximum atomic E-state index is 13.5. The van der Waals surface area contributed by atoms with Crippen LogP contribution in [-0.2, 0) is 16.3 Å². The number of hydrogen-bond donors (Lipinski definition) is 1. The highest BCUT2D eigenvalue weighted by molar-refractivity contribution is 7.91. The number of benzene rings is 1. The molecular formula is C23H21ClFN3O3S. The molecule has 0 unspecified atom stereocenters.